The number of nitrogens with one attached hydrogen (secondary N) is 1. The molecule has 1 saturated carbocycles. The molecule has 0 spiro atoms. The van der Waals surface area contributed by atoms with E-state index in [1.807, 2.05) is 28.9 Å². The molecule has 3 aromatic rings. The van der Waals surface area contributed by atoms with Crippen molar-refractivity contribution in [2.45, 2.75) is 57.6 Å². The van der Waals surface area contributed by atoms with Crippen molar-refractivity contribution in [1.82, 2.24) is 15.1 Å². The van der Waals surface area contributed by atoms with Gasteiger partial charge in [0.2, 0.25) is 0 Å². The highest BCUT2D eigenvalue weighted by Gasteiger charge is 2.24. The Kier molecular flexibility index (Phi) is 5.84. The van der Waals surface area contributed by atoms with Crippen molar-refractivity contribution in [3.63, 3.8) is 0 Å². The molecule has 1 heterocycles. The van der Waals surface area contributed by atoms with Crippen LogP contribution in [0.2, 0.25) is 0 Å². The molecule has 0 bridgehead atoms. The molecular weight excluding hydrogens is 402 g/mol. The number of carbonyl (C=O) groups excluding carboxylic acids is 1. The van der Waals surface area contributed by atoms with Crippen LogP contribution in [0.4, 0.5) is 0 Å². The summed E-state index contributed by atoms with van der Waals surface area (Å²) in [5, 5.41) is 7.87. The second-order valence-corrected chi connectivity index (χ2v) is 8.55. The van der Waals surface area contributed by atoms with Crippen molar-refractivity contribution in [2.75, 3.05) is 7.11 Å². The summed E-state index contributed by atoms with van der Waals surface area (Å²) in [7, 11) is 1.61. The van der Waals surface area contributed by atoms with E-state index in [4.69, 9.17) is 14.6 Å². The van der Waals surface area contributed by atoms with Crippen LogP contribution in [0.3, 0.4) is 0 Å². The third-order valence-corrected chi connectivity index (χ3v) is 6.45. The summed E-state index contributed by atoms with van der Waals surface area (Å²) in [6.45, 7) is 0.406. The van der Waals surface area contributed by atoms with E-state index in [9.17, 15) is 4.79 Å². The lowest BCUT2D eigenvalue weighted by Crippen LogP contribution is -2.23. The lowest BCUT2D eigenvalue weighted by molar-refractivity contribution is 0.0950. The molecule has 0 saturated heterocycles. The molecule has 1 amide bonds. The second kappa shape index (κ2) is 9.07. The highest BCUT2D eigenvalue weighted by molar-refractivity contribution is 5.94. The van der Waals surface area contributed by atoms with Crippen LogP contribution in [-0.4, -0.2) is 28.9 Å². The number of methoxy groups -OCH3 is 1. The van der Waals surface area contributed by atoms with Crippen molar-refractivity contribution in [2.24, 2.45) is 0 Å². The molecule has 5 rings (SSSR count). The molecule has 2 aromatic carbocycles. The Hall–Kier alpha value is -3.28. The number of carbonyl (C=O) groups is 1. The fourth-order valence-electron chi connectivity index (χ4n) is 4.80. The van der Waals surface area contributed by atoms with E-state index < -0.39 is 0 Å². The zero-order chi connectivity index (χ0) is 21.9. The van der Waals surface area contributed by atoms with Gasteiger partial charge in [0, 0.05) is 11.3 Å². The van der Waals surface area contributed by atoms with Gasteiger partial charge < -0.3 is 14.8 Å². The Labute approximate surface area is 188 Å². The molecule has 6 nitrogen and oxygen atoms in total. The Morgan fingerprint density at radius 2 is 1.88 bits per heavy atom. The summed E-state index contributed by atoms with van der Waals surface area (Å²) >= 11 is 0. The number of fused-ring (bicyclic) bond motifs is 1. The van der Waals surface area contributed by atoms with Gasteiger partial charge in [-0.05, 0) is 80.8 Å². The van der Waals surface area contributed by atoms with E-state index in [-0.39, 0.29) is 12.0 Å². The molecule has 6 heteroatoms. The molecule has 1 fully saturated rings. The number of nitrogens with zero attached hydrogens (tertiary/aromatic N) is 2. The molecule has 2 aliphatic rings. The number of aromatic nitrogens is 2. The van der Waals surface area contributed by atoms with Gasteiger partial charge in [0.25, 0.3) is 5.91 Å². The Balaban J connectivity index is 1.30. The summed E-state index contributed by atoms with van der Waals surface area (Å²) in [5.41, 5.74) is 5.09. The standard InChI is InChI=1S/C26H29N3O3/c1-31-25-16-18(14-15-24(25)32-20-10-5-6-11-20)26(30)27-17-22-21-12-7-13-23(21)29(28-22)19-8-3-2-4-9-19/h2-4,8-9,14-16,20H,5-7,10-13,17H2,1H3,(H,27,30). The van der Waals surface area contributed by atoms with Gasteiger partial charge in [-0.25, -0.2) is 4.68 Å². The largest absolute Gasteiger partial charge is 0.493 e. The van der Waals surface area contributed by atoms with Gasteiger partial charge >= 0.3 is 0 Å². The maximum absolute atomic E-state index is 12.9. The minimum atomic E-state index is -0.142. The van der Waals surface area contributed by atoms with Crippen molar-refractivity contribution < 1.29 is 14.3 Å². The van der Waals surface area contributed by atoms with Crippen molar-refractivity contribution >= 4 is 5.91 Å². The lowest BCUT2D eigenvalue weighted by atomic mass is 10.1. The average molecular weight is 432 g/mol. The second-order valence-electron chi connectivity index (χ2n) is 8.55. The van der Waals surface area contributed by atoms with Crippen LogP contribution in [0.1, 0.15) is 59.4 Å². The highest BCUT2D eigenvalue weighted by Crippen LogP contribution is 2.32. The number of benzene rings is 2. The van der Waals surface area contributed by atoms with Crippen LogP contribution in [0.25, 0.3) is 5.69 Å². The first-order valence-corrected chi connectivity index (χ1v) is 11.5. The van der Waals surface area contributed by atoms with Crippen LogP contribution in [-0.2, 0) is 19.4 Å². The number of hydrogen-bond donors (Lipinski definition) is 1. The first-order valence-electron chi connectivity index (χ1n) is 11.5. The molecule has 0 atom stereocenters. The van der Waals surface area contributed by atoms with Gasteiger partial charge in [-0.3, -0.25) is 4.79 Å². The first-order chi connectivity index (χ1) is 15.7. The van der Waals surface area contributed by atoms with Gasteiger partial charge in [-0.15, -0.1) is 0 Å². The number of amides is 1. The lowest BCUT2D eigenvalue weighted by Gasteiger charge is -2.16. The molecule has 0 aliphatic heterocycles. The smallest absolute Gasteiger partial charge is 0.251 e. The van der Waals surface area contributed by atoms with E-state index in [0.717, 1.165) is 43.5 Å². The van der Waals surface area contributed by atoms with E-state index >= 15 is 0 Å². The fraction of sp³-hybridized carbons (Fsp3) is 0.385. The van der Waals surface area contributed by atoms with Crippen LogP contribution in [0, 0.1) is 0 Å². The molecular formula is C26H29N3O3. The van der Waals surface area contributed by atoms with Crippen molar-refractivity contribution in [3.05, 3.63) is 71.0 Å². The van der Waals surface area contributed by atoms with E-state index in [2.05, 4.69) is 17.4 Å². The minimum Gasteiger partial charge on any atom is -0.493 e. The number of para-hydroxylation sites is 1. The number of ether oxygens (including phenoxy) is 2. The summed E-state index contributed by atoms with van der Waals surface area (Å²) in [4.78, 5) is 12.9. The topological polar surface area (TPSA) is 65.4 Å². The molecule has 32 heavy (non-hydrogen) atoms. The number of hydrogen-bond acceptors (Lipinski definition) is 4. The Morgan fingerprint density at radius 1 is 1.06 bits per heavy atom. The normalized spacial score (nSPS) is 15.5. The van der Waals surface area contributed by atoms with Gasteiger partial charge in [0.15, 0.2) is 11.5 Å². The Bertz CT molecular complexity index is 1100. The molecule has 1 aromatic heterocycles. The zero-order valence-electron chi connectivity index (χ0n) is 18.5. The summed E-state index contributed by atoms with van der Waals surface area (Å²) in [6.07, 6.45) is 7.95. The summed E-state index contributed by atoms with van der Waals surface area (Å²) < 4.78 is 13.6. The third-order valence-electron chi connectivity index (χ3n) is 6.45. The van der Waals surface area contributed by atoms with Crippen molar-refractivity contribution in [1.29, 1.82) is 0 Å². The summed E-state index contributed by atoms with van der Waals surface area (Å²) in [5.74, 6) is 1.16. The van der Waals surface area contributed by atoms with Gasteiger partial charge in [-0.1, -0.05) is 18.2 Å². The van der Waals surface area contributed by atoms with E-state index in [1.165, 1.54) is 24.1 Å². The van der Waals surface area contributed by atoms with Gasteiger partial charge in [-0.2, -0.15) is 5.10 Å². The van der Waals surface area contributed by atoms with E-state index in [0.29, 0.717) is 23.6 Å². The SMILES string of the molecule is COc1cc(C(=O)NCc2nn(-c3ccccc3)c3c2CCC3)ccc1OC1CCCC1. The van der Waals surface area contributed by atoms with Gasteiger partial charge in [0.05, 0.1) is 31.1 Å². The van der Waals surface area contributed by atoms with E-state index in [1.54, 1.807) is 19.2 Å². The predicted molar refractivity (Wildman–Crippen MR) is 123 cm³/mol. The first kappa shape index (κ1) is 20.6. The highest BCUT2D eigenvalue weighted by atomic mass is 16.5. The van der Waals surface area contributed by atoms with Crippen LogP contribution < -0.4 is 14.8 Å². The third kappa shape index (κ3) is 4.09. The fourth-order valence-corrected chi connectivity index (χ4v) is 4.80. The molecule has 0 radical (unpaired) electrons. The maximum Gasteiger partial charge on any atom is 0.251 e. The Morgan fingerprint density at radius 3 is 2.66 bits per heavy atom. The maximum atomic E-state index is 12.9. The quantitative estimate of drug-likeness (QED) is 0.593. The summed E-state index contributed by atoms with van der Waals surface area (Å²) in [6, 6.07) is 15.6. The van der Waals surface area contributed by atoms with Crippen LogP contribution in [0.15, 0.2) is 48.5 Å². The molecule has 2 aliphatic carbocycles. The van der Waals surface area contributed by atoms with Crippen molar-refractivity contribution in [3.8, 4) is 17.2 Å². The number of rotatable bonds is 7. The van der Waals surface area contributed by atoms with Crippen LogP contribution in [0.5, 0.6) is 11.5 Å². The zero-order valence-corrected chi connectivity index (χ0v) is 18.5. The minimum absolute atomic E-state index is 0.142. The predicted octanol–water partition coefficient (Wildman–Crippen LogP) is 4.62. The molecule has 166 valence electrons. The van der Waals surface area contributed by atoms with Crippen LogP contribution >= 0.6 is 0 Å². The molecule has 0 unspecified atom stereocenters. The monoisotopic (exact) mass is 431 g/mol. The van der Waals surface area contributed by atoms with Gasteiger partial charge in [0.1, 0.15) is 0 Å². The average Bonchev–Trinajstić information content (AvgIpc) is 3.57. The molecule has 1 N–H and O–H groups in total.